The third-order valence-electron chi connectivity index (χ3n) is 4.46. The second kappa shape index (κ2) is 9.24. The number of para-hydroxylation sites is 1. The Kier molecular flexibility index (Phi) is 6.06. The first-order valence-electron chi connectivity index (χ1n) is 9.40. The maximum Gasteiger partial charge on any atom is 0.258 e. The van der Waals surface area contributed by atoms with Gasteiger partial charge in [0.1, 0.15) is 23.9 Å². The van der Waals surface area contributed by atoms with E-state index < -0.39 is 0 Å². The quantitative estimate of drug-likeness (QED) is 0.383. The molecule has 0 aliphatic heterocycles. The molecule has 0 aliphatic rings. The molecule has 0 fully saturated rings. The van der Waals surface area contributed by atoms with Crippen LogP contribution in [0.4, 0.5) is 5.69 Å². The highest BCUT2D eigenvalue weighted by Crippen LogP contribution is 2.25. The fraction of sp³-hybridized carbons (Fsp3) is 0.0833. The summed E-state index contributed by atoms with van der Waals surface area (Å²) >= 11 is 1.52. The number of carbonyl (C=O) groups excluding carboxylic acids is 1. The minimum absolute atomic E-state index is 0.120. The average molecular weight is 417 g/mol. The van der Waals surface area contributed by atoms with Gasteiger partial charge in [-0.3, -0.25) is 4.79 Å². The van der Waals surface area contributed by atoms with Crippen LogP contribution in [-0.4, -0.2) is 17.9 Å². The number of nitrogens with zero attached hydrogens (tertiary/aromatic N) is 2. The minimum Gasteiger partial charge on any atom is -0.487 e. The molecule has 0 aliphatic carbocycles. The van der Waals surface area contributed by atoms with Crippen LogP contribution in [-0.2, 0) is 6.61 Å². The molecule has 1 heterocycles. The standard InChI is InChI=1S/C24H20N2O3S/c1-26(20-10-12-22(13-11-20)29-21-7-3-2-4-8-21)24(27)18-6-5-9-23(14-18)28-15-19-16-30-17-25-19/h2-14,16-17H,15H2,1H3. The van der Waals surface area contributed by atoms with Crippen LogP contribution in [0, 0.1) is 0 Å². The first-order chi connectivity index (χ1) is 14.7. The summed E-state index contributed by atoms with van der Waals surface area (Å²) in [4.78, 5) is 18.7. The van der Waals surface area contributed by atoms with E-state index in [1.54, 1.807) is 29.6 Å². The average Bonchev–Trinajstić information content (AvgIpc) is 3.32. The van der Waals surface area contributed by atoms with Gasteiger partial charge in [0.2, 0.25) is 0 Å². The van der Waals surface area contributed by atoms with Crippen molar-refractivity contribution >= 4 is 22.9 Å². The molecule has 4 aromatic rings. The second-order valence-corrected chi connectivity index (χ2v) is 7.29. The van der Waals surface area contributed by atoms with Gasteiger partial charge >= 0.3 is 0 Å². The predicted octanol–water partition coefficient (Wildman–Crippen LogP) is 5.79. The van der Waals surface area contributed by atoms with Gasteiger partial charge in [0.25, 0.3) is 5.91 Å². The van der Waals surface area contributed by atoms with Crippen molar-refractivity contribution in [1.82, 2.24) is 4.98 Å². The molecule has 0 atom stereocenters. The summed E-state index contributed by atoms with van der Waals surface area (Å²) < 4.78 is 11.6. The molecule has 0 bridgehead atoms. The van der Waals surface area contributed by atoms with Gasteiger partial charge < -0.3 is 14.4 Å². The van der Waals surface area contributed by atoms with Crippen molar-refractivity contribution in [2.45, 2.75) is 6.61 Å². The second-order valence-electron chi connectivity index (χ2n) is 6.57. The van der Waals surface area contributed by atoms with Crippen LogP contribution in [0.25, 0.3) is 0 Å². The number of thiazole rings is 1. The first-order valence-corrected chi connectivity index (χ1v) is 10.3. The van der Waals surface area contributed by atoms with E-state index in [1.165, 1.54) is 11.3 Å². The normalized spacial score (nSPS) is 10.4. The van der Waals surface area contributed by atoms with Crippen LogP contribution in [0.15, 0.2) is 89.8 Å². The topological polar surface area (TPSA) is 51.7 Å². The number of carbonyl (C=O) groups is 1. The molecule has 0 saturated carbocycles. The number of hydrogen-bond donors (Lipinski definition) is 0. The summed E-state index contributed by atoms with van der Waals surface area (Å²) in [6, 6.07) is 24.2. The smallest absolute Gasteiger partial charge is 0.258 e. The molecular formula is C24H20N2O3S. The Labute approximate surface area is 179 Å². The van der Waals surface area contributed by atoms with E-state index >= 15 is 0 Å². The molecule has 0 radical (unpaired) electrons. The molecule has 4 rings (SSSR count). The summed E-state index contributed by atoms with van der Waals surface area (Å²) in [5.41, 5.74) is 3.96. The molecule has 30 heavy (non-hydrogen) atoms. The van der Waals surface area contributed by atoms with Crippen molar-refractivity contribution in [1.29, 1.82) is 0 Å². The van der Waals surface area contributed by atoms with Crippen molar-refractivity contribution in [3.05, 3.63) is 101 Å². The Morgan fingerprint density at radius 2 is 1.67 bits per heavy atom. The number of rotatable bonds is 7. The predicted molar refractivity (Wildman–Crippen MR) is 119 cm³/mol. The summed E-state index contributed by atoms with van der Waals surface area (Å²) in [6.07, 6.45) is 0. The zero-order chi connectivity index (χ0) is 20.8. The third kappa shape index (κ3) is 4.85. The van der Waals surface area contributed by atoms with Crippen molar-refractivity contribution in [2.75, 3.05) is 11.9 Å². The molecule has 150 valence electrons. The van der Waals surface area contributed by atoms with Crippen molar-refractivity contribution in [2.24, 2.45) is 0 Å². The van der Waals surface area contributed by atoms with Crippen LogP contribution < -0.4 is 14.4 Å². The van der Waals surface area contributed by atoms with Crippen molar-refractivity contribution in [3.63, 3.8) is 0 Å². The van der Waals surface area contributed by atoms with E-state index in [-0.39, 0.29) is 5.91 Å². The molecular weight excluding hydrogens is 396 g/mol. The van der Waals surface area contributed by atoms with Gasteiger partial charge in [-0.15, -0.1) is 11.3 Å². The highest BCUT2D eigenvalue weighted by molar-refractivity contribution is 7.07. The summed E-state index contributed by atoms with van der Waals surface area (Å²) in [5, 5.41) is 1.94. The molecule has 1 amide bonds. The zero-order valence-corrected chi connectivity index (χ0v) is 17.2. The fourth-order valence-electron chi connectivity index (χ4n) is 2.86. The van der Waals surface area contributed by atoms with Gasteiger partial charge in [-0.1, -0.05) is 24.3 Å². The van der Waals surface area contributed by atoms with Crippen LogP contribution in [0.2, 0.25) is 0 Å². The minimum atomic E-state index is -0.120. The largest absolute Gasteiger partial charge is 0.487 e. The molecule has 5 nitrogen and oxygen atoms in total. The number of aromatic nitrogens is 1. The number of amides is 1. The van der Waals surface area contributed by atoms with Gasteiger partial charge in [0.15, 0.2) is 0 Å². The van der Waals surface area contributed by atoms with Crippen molar-refractivity contribution < 1.29 is 14.3 Å². The highest BCUT2D eigenvalue weighted by atomic mass is 32.1. The highest BCUT2D eigenvalue weighted by Gasteiger charge is 2.14. The van der Waals surface area contributed by atoms with E-state index in [9.17, 15) is 4.79 Å². The van der Waals surface area contributed by atoms with E-state index in [0.29, 0.717) is 23.7 Å². The van der Waals surface area contributed by atoms with Gasteiger partial charge in [0, 0.05) is 23.7 Å². The maximum absolute atomic E-state index is 12.9. The van der Waals surface area contributed by atoms with Crippen LogP contribution in [0.3, 0.4) is 0 Å². The number of anilines is 1. The SMILES string of the molecule is CN(C(=O)c1cccc(OCc2cscn2)c1)c1ccc(Oc2ccccc2)cc1. The number of ether oxygens (including phenoxy) is 2. The number of hydrogen-bond acceptors (Lipinski definition) is 5. The van der Waals surface area contributed by atoms with Gasteiger partial charge in [-0.05, 0) is 54.6 Å². The lowest BCUT2D eigenvalue weighted by Crippen LogP contribution is -2.26. The Bertz CT molecular complexity index is 1100. The van der Waals surface area contributed by atoms with Gasteiger partial charge in [-0.25, -0.2) is 4.98 Å². The molecule has 0 saturated heterocycles. The summed E-state index contributed by atoms with van der Waals surface area (Å²) in [6.45, 7) is 0.375. The zero-order valence-electron chi connectivity index (χ0n) is 16.4. The number of benzene rings is 3. The van der Waals surface area contributed by atoms with Crippen LogP contribution in [0.1, 0.15) is 16.1 Å². The Balaban J connectivity index is 1.42. The summed E-state index contributed by atoms with van der Waals surface area (Å²) in [5.74, 6) is 1.99. The monoisotopic (exact) mass is 416 g/mol. The van der Waals surface area contributed by atoms with E-state index in [0.717, 1.165) is 17.1 Å². The molecule has 0 spiro atoms. The lowest BCUT2D eigenvalue weighted by Gasteiger charge is -2.18. The molecule has 0 N–H and O–H groups in total. The van der Waals surface area contributed by atoms with Gasteiger partial charge in [0.05, 0.1) is 11.2 Å². The van der Waals surface area contributed by atoms with E-state index in [2.05, 4.69) is 4.98 Å². The molecule has 3 aromatic carbocycles. The van der Waals surface area contributed by atoms with Crippen molar-refractivity contribution in [3.8, 4) is 17.2 Å². The van der Waals surface area contributed by atoms with E-state index in [4.69, 9.17) is 9.47 Å². The van der Waals surface area contributed by atoms with Gasteiger partial charge in [-0.2, -0.15) is 0 Å². The maximum atomic E-state index is 12.9. The Morgan fingerprint density at radius 3 is 2.40 bits per heavy atom. The van der Waals surface area contributed by atoms with E-state index in [1.807, 2.05) is 72.1 Å². The molecule has 0 unspecified atom stereocenters. The summed E-state index contributed by atoms with van der Waals surface area (Å²) in [7, 11) is 1.75. The van der Waals surface area contributed by atoms with Crippen LogP contribution >= 0.6 is 11.3 Å². The lowest BCUT2D eigenvalue weighted by molar-refractivity contribution is 0.0992. The lowest BCUT2D eigenvalue weighted by atomic mass is 10.1. The molecule has 6 heteroatoms. The molecule has 1 aromatic heterocycles. The first kappa shape index (κ1) is 19.7. The Morgan fingerprint density at radius 1 is 0.933 bits per heavy atom. The third-order valence-corrected chi connectivity index (χ3v) is 5.09. The Hall–Kier alpha value is -3.64. The van der Waals surface area contributed by atoms with Crippen LogP contribution in [0.5, 0.6) is 17.2 Å². The fourth-order valence-corrected chi connectivity index (χ4v) is 3.40.